The number of rotatable bonds is 6. The van der Waals surface area contributed by atoms with Crippen molar-refractivity contribution in [3.63, 3.8) is 0 Å². The lowest BCUT2D eigenvalue weighted by Crippen LogP contribution is -2.53. The van der Waals surface area contributed by atoms with E-state index in [4.69, 9.17) is 16.5 Å². The molecule has 1 aliphatic heterocycles. The lowest BCUT2D eigenvalue weighted by atomic mass is 10.1. The predicted molar refractivity (Wildman–Crippen MR) is 109 cm³/mol. The number of carbonyl (C=O) groups is 1. The normalized spacial score (nSPS) is 18.4. The Kier molecular flexibility index (Phi) is 6.79. The number of sulfonamides is 1. The Morgan fingerprint density at radius 3 is 2.55 bits per heavy atom. The van der Waals surface area contributed by atoms with Crippen LogP contribution in [0.2, 0.25) is 5.02 Å². The van der Waals surface area contributed by atoms with E-state index in [2.05, 4.69) is 9.79 Å². The summed E-state index contributed by atoms with van der Waals surface area (Å²) in [6, 6.07) is 13.3. The Hall–Kier alpha value is -2.13. The molecule has 0 aromatic heterocycles. The topological polar surface area (TPSA) is 76.2 Å². The second-order valence-corrected chi connectivity index (χ2v) is 9.25. The summed E-state index contributed by atoms with van der Waals surface area (Å²) in [4.78, 5) is 23.2. The predicted octanol–water partition coefficient (Wildman–Crippen LogP) is 3.09. The first kappa shape index (κ1) is 21.6. The largest absolute Gasteiger partial charge is 0.352 e. The van der Waals surface area contributed by atoms with Gasteiger partial charge >= 0.3 is 5.97 Å². The minimum absolute atomic E-state index is 0.203. The van der Waals surface area contributed by atoms with E-state index in [9.17, 15) is 13.2 Å². The summed E-state index contributed by atoms with van der Waals surface area (Å²) in [7, 11) is -3.54. The van der Waals surface area contributed by atoms with Crippen LogP contribution in [0.4, 0.5) is 0 Å². The molecule has 1 aliphatic rings. The average Bonchev–Trinajstić information content (AvgIpc) is 2.68. The van der Waals surface area contributed by atoms with Crippen molar-refractivity contribution >= 4 is 27.6 Å². The number of nitrogens with zero attached hydrogens (tertiary/aromatic N) is 2. The molecule has 1 heterocycles. The molecule has 29 heavy (non-hydrogen) atoms. The highest BCUT2D eigenvalue weighted by molar-refractivity contribution is 7.89. The molecule has 0 unspecified atom stereocenters. The van der Waals surface area contributed by atoms with Crippen molar-refractivity contribution in [1.29, 1.82) is 0 Å². The summed E-state index contributed by atoms with van der Waals surface area (Å²) in [5.41, 5.74) is 0.755. The van der Waals surface area contributed by atoms with Crippen LogP contribution in [0, 0.1) is 0 Å². The minimum atomic E-state index is -3.54. The van der Waals surface area contributed by atoms with E-state index in [1.54, 1.807) is 48.5 Å². The molecular weight excluding hydrogens is 416 g/mol. The molecule has 0 bridgehead atoms. The van der Waals surface area contributed by atoms with Gasteiger partial charge in [-0.15, -0.1) is 0 Å². The smallest absolute Gasteiger partial charge is 0.296 e. The fraction of sp³-hybridized carbons (Fsp3) is 0.350. The summed E-state index contributed by atoms with van der Waals surface area (Å²) in [5, 5.41) is 0.536. The summed E-state index contributed by atoms with van der Waals surface area (Å²) < 4.78 is 27.4. The van der Waals surface area contributed by atoms with Crippen molar-refractivity contribution in [2.75, 3.05) is 19.6 Å². The maximum atomic E-state index is 12.9. The number of halogens is 1. The number of hydrogen-bond acceptors (Lipinski definition) is 6. The van der Waals surface area contributed by atoms with Crippen LogP contribution in [0.3, 0.4) is 0 Å². The van der Waals surface area contributed by atoms with Gasteiger partial charge in [-0.05, 0) is 37.3 Å². The van der Waals surface area contributed by atoms with E-state index >= 15 is 0 Å². The number of carbonyl (C=O) groups excluding carboxylic acids is 1. The highest BCUT2D eigenvalue weighted by atomic mass is 35.5. The van der Waals surface area contributed by atoms with Crippen LogP contribution in [0.25, 0.3) is 0 Å². The van der Waals surface area contributed by atoms with Crippen LogP contribution in [0.1, 0.15) is 19.4 Å². The van der Waals surface area contributed by atoms with Crippen molar-refractivity contribution < 1.29 is 23.0 Å². The fourth-order valence-corrected chi connectivity index (χ4v) is 5.17. The Morgan fingerprint density at radius 2 is 1.90 bits per heavy atom. The van der Waals surface area contributed by atoms with E-state index in [1.807, 2.05) is 6.92 Å². The maximum absolute atomic E-state index is 12.9. The molecule has 0 amide bonds. The monoisotopic (exact) mass is 438 g/mol. The third-order valence-corrected chi connectivity index (χ3v) is 6.93. The first-order valence-corrected chi connectivity index (χ1v) is 11.0. The fourth-order valence-electron chi connectivity index (χ4n) is 3.34. The minimum Gasteiger partial charge on any atom is -0.296 e. The number of benzene rings is 2. The van der Waals surface area contributed by atoms with E-state index in [0.29, 0.717) is 41.8 Å². The Labute approximate surface area is 175 Å². The van der Waals surface area contributed by atoms with Gasteiger partial charge in [0.05, 0.1) is 4.90 Å². The van der Waals surface area contributed by atoms with Gasteiger partial charge in [0, 0.05) is 49.7 Å². The van der Waals surface area contributed by atoms with Gasteiger partial charge < -0.3 is 0 Å². The zero-order valence-corrected chi connectivity index (χ0v) is 17.8. The van der Waals surface area contributed by atoms with E-state index < -0.39 is 16.0 Å². The molecule has 0 N–H and O–H groups in total. The molecule has 0 saturated carbocycles. The van der Waals surface area contributed by atoms with E-state index in [0.717, 1.165) is 5.56 Å². The van der Waals surface area contributed by atoms with Gasteiger partial charge in [-0.2, -0.15) is 4.31 Å². The molecule has 0 radical (unpaired) electrons. The lowest BCUT2D eigenvalue weighted by Gasteiger charge is -2.39. The van der Waals surface area contributed by atoms with Crippen molar-refractivity contribution in [1.82, 2.24) is 9.21 Å². The first-order valence-electron chi connectivity index (χ1n) is 9.20. The molecule has 7 nitrogen and oxygen atoms in total. The van der Waals surface area contributed by atoms with Gasteiger partial charge in [0.25, 0.3) is 0 Å². The summed E-state index contributed by atoms with van der Waals surface area (Å²) >= 11 is 6.11. The van der Waals surface area contributed by atoms with Gasteiger partial charge in [-0.1, -0.05) is 29.8 Å². The molecule has 1 fully saturated rings. The molecule has 156 valence electrons. The lowest BCUT2D eigenvalue weighted by molar-refractivity contribution is -0.211. The molecule has 0 spiro atoms. The van der Waals surface area contributed by atoms with Crippen LogP contribution in [-0.2, 0) is 26.3 Å². The second kappa shape index (κ2) is 9.13. The van der Waals surface area contributed by atoms with E-state index in [-0.39, 0.29) is 6.04 Å². The molecule has 1 saturated heterocycles. The highest BCUT2D eigenvalue weighted by Gasteiger charge is 2.33. The SMILES string of the molecule is CC(=O)OOc1ccc(Cl)cc1CN1CCN(S(=O)(=O)c2ccccc2)[C@H](C)C1. The maximum Gasteiger partial charge on any atom is 0.352 e. The molecular formula is C20H23ClN2O5S. The third kappa shape index (κ3) is 5.27. The van der Waals surface area contributed by atoms with Gasteiger partial charge in [-0.25, -0.2) is 13.2 Å². The summed E-state index contributed by atoms with van der Waals surface area (Å²) in [6.45, 7) is 5.10. The van der Waals surface area contributed by atoms with Crippen molar-refractivity contribution in [3.8, 4) is 5.75 Å². The first-order chi connectivity index (χ1) is 13.8. The van der Waals surface area contributed by atoms with Crippen molar-refractivity contribution in [2.45, 2.75) is 31.3 Å². The summed E-state index contributed by atoms with van der Waals surface area (Å²) in [6.07, 6.45) is 0. The highest BCUT2D eigenvalue weighted by Crippen LogP contribution is 2.27. The Bertz CT molecular complexity index is 968. The van der Waals surface area contributed by atoms with E-state index in [1.165, 1.54) is 11.2 Å². The second-order valence-electron chi connectivity index (χ2n) is 6.92. The quantitative estimate of drug-likeness (QED) is 0.509. The van der Waals surface area contributed by atoms with Gasteiger partial charge in [0.1, 0.15) is 0 Å². The molecule has 2 aromatic rings. The van der Waals surface area contributed by atoms with Crippen molar-refractivity contribution in [3.05, 3.63) is 59.1 Å². The zero-order chi connectivity index (χ0) is 21.0. The molecule has 2 aromatic carbocycles. The van der Waals surface area contributed by atoms with Gasteiger partial charge in [0.15, 0.2) is 5.75 Å². The molecule has 0 aliphatic carbocycles. The molecule has 3 rings (SSSR count). The molecule has 1 atom stereocenters. The zero-order valence-electron chi connectivity index (χ0n) is 16.2. The summed E-state index contributed by atoms with van der Waals surface area (Å²) in [5.74, 6) is -0.157. The average molecular weight is 439 g/mol. The number of piperazine rings is 1. The van der Waals surface area contributed by atoms with Gasteiger partial charge in [0.2, 0.25) is 10.0 Å². The van der Waals surface area contributed by atoms with Crippen LogP contribution < -0.4 is 4.89 Å². The van der Waals surface area contributed by atoms with Crippen LogP contribution >= 0.6 is 11.6 Å². The Morgan fingerprint density at radius 1 is 1.17 bits per heavy atom. The van der Waals surface area contributed by atoms with Gasteiger partial charge in [-0.3, -0.25) is 14.7 Å². The molecule has 9 heteroatoms. The standard InChI is InChI=1S/C20H23ClN2O5S/c1-15-13-22(10-11-23(15)29(25,26)19-6-4-3-5-7-19)14-17-12-18(21)8-9-20(17)28-27-16(2)24/h3-9,12,15H,10-11,13-14H2,1-2H3/t15-/m1/s1. The third-order valence-electron chi connectivity index (χ3n) is 4.67. The van der Waals surface area contributed by atoms with Crippen LogP contribution in [0.5, 0.6) is 5.75 Å². The van der Waals surface area contributed by atoms with Crippen LogP contribution in [0.15, 0.2) is 53.4 Å². The number of hydrogen-bond donors (Lipinski definition) is 0. The van der Waals surface area contributed by atoms with Crippen LogP contribution in [-0.4, -0.2) is 49.3 Å². The Balaban J connectivity index is 1.71. The van der Waals surface area contributed by atoms with Crippen molar-refractivity contribution in [2.24, 2.45) is 0 Å².